The summed E-state index contributed by atoms with van der Waals surface area (Å²) in [4.78, 5) is 33.1. The summed E-state index contributed by atoms with van der Waals surface area (Å²) in [7, 11) is 0. The van der Waals surface area contributed by atoms with Gasteiger partial charge in [0.05, 0.1) is 6.42 Å². The number of rotatable bonds is 5. The van der Waals surface area contributed by atoms with Crippen molar-refractivity contribution in [2.24, 2.45) is 0 Å². The molecule has 0 saturated carbocycles. The van der Waals surface area contributed by atoms with Gasteiger partial charge in [0.2, 0.25) is 0 Å². The number of carbonyl (C=O) groups is 3. The van der Waals surface area contributed by atoms with Crippen molar-refractivity contribution >= 4 is 45.1 Å². The van der Waals surface area contributed by atoms with Gasteiger partial charge in [0.25, 0.3) is 5.91 Å². The Morgan fingerprint density at radius 3 is 2.47 bits per heavy atom. The molecule has 1 amide bonds. The second-order valence-electron chi connectivity index (χ2n) is 3.06. The highest BCUT2D eigenvalue weighted by molar-refractivity contribution is 9.10. The maximum absolute atomic E-state index is 11.6. The molecule has 0 aliphatic heterocycles. The summed E-state index contributed by atoms with van der Waals surface area (Å²) >= 11 is 4.26. The molecule has 0 aliphatic rings. The minimum Gasteiger partial charge on any atom is -0.481 e. The highest BCUT2D eigenvalue weighted by Crippen LogP contribution is 2.22. The average Bonchev–Trinajstić information content (AvgIpc) is 2.62. The standard InChI is InChI=1S/C9H8BrNO5S/c10-4-1-2-17-7(4)8(14)11-5(9(15)16)3-6(12)13/h1-2,5H,3H2,(H,11,14)(H,12,13)(H,15,16). The zero-order valence-electron chi connectivity index (χ0n) is 8.34. The lowest BCUT2D eigenvalue weighted by Gasteiger charge is -2.11. The van der Waals surface area contributed by atoms with Gasteiger partial charge < -0.3 is 15.5 Å². The van der Waals surface area contributed by atoms with E-state index in [9.17, 15) is 14.4 Å². The quantitative estimate of drug-likeness (QED) is 0.755. The summed E-state index contributed by atoms with van der Waals surface area (Å²) in [6.45, 7) is 0. The van der Waals surface area contributed by atoms with Gasteiger partial charge in [0.15, 0.2) is 0 Å². The van der Waals surface area contributed by atoms with Gasteiger partial charge in [-0.2, -0.15) is 0 Å². The predicted octanol–water partition coefficient (Wildman–Crippen LogP) is 1.17. The van der Waals surface area contributed by atoms with E-state index in [2.05, 4.69) is 21.2 Å². The maximum atomic E-state index is 11.6. The van der Waals surface area contributed by atoms with E-state index in [1.807, 2.05) is 0 Å². The minimum atomic E-state index is -1.44. The van der Waals surface area contributed by atoms with Gasteiger partial charge in [0.1, 0.15) is 10.9 Å². The molecule has 0 bridgehead atoms. The van der Waals surface area contributed by atoms with E-state index in [4.69, 9.17) is 10.2 Å². The molecule has 1 unspecified atom stereocenters. The van der Waals surface area contributed by atoms with Crippen LogP contribution in [-0.4, -0.2) is 34.1 Å². The maximum Gasteiger partial charge on any atom is 0.326 e. The van der Waals surface area contributed by atoms with Crippen LogP contribution in [0.15, 0.2) is 15.9 Å². The largest absolute Gasteiger partial charge is 0.481 e. The number of aliphatic carboxylic acids is 2. The number of hydrogen-bond donors (Lipinski definition) is 3. The Kier molecular flexibility index (Phi) is 4.64. The molecular weight excluding hydrogens is 314 g/mol. The zero-order valence-corrected chi connectivity index (χ0v) is 10.7. The number of carboxylic acid groups (broad SMARTS) is 2. The van der Waals surface area contributed by atoms with Crippen molar-refractivity contribution in [2.75, 3.05) is 0 Å². The first-order chi connectivity index (χ1) is 7.91. The fourth-order valence-electron chi connectivity index (χ4n) is 1.05. The third-order valence-corrected chi connectivity index (χ3v) is 3.64. The Morgan fingerprint density at radius 1 is 1.41 bits per heavy atom. The molecule has 1 aromatic rings. The summed E-state index contributed by atoms with van der Waals surface area (Å²) in [6, 6.07) is 0.209. The third kappa shape index (κ3) is 3.82. The van der Waals surface area contributed by atoms with Gasteiger partial charge in [0, 0.05) is 4.47 Å². The molecule has 8 heteroatoms. The van der Waals surface area contributed by atoms with Crippen molar-refractivity contribution in [1.82, 2.24) is 5.32 Å². The topological polar surface area (TPSA) is 104 Å². The number of carbonyl (C=O) groups excluding carboxylic acids is 1. The van der Waals surface area contributed by atoms with Gasteiger partial charge in [-0.3, -0.25) is 9.59 Å². The lowest BCUT2D eigenvalue weighted by atomic mass is 10.2. The molecule has 17 heavy (non-hydrogen) atoms. The van der Waals surface area contributed by atoms with Crippen molar-refractivity contribution in [3.05, 3.63) is 20.8 Å². The van der Waals surface area contributed by atoms with Crippen LogP contribution in [0.4, 0.5) is 0 Å². The Morgan fingerprint density at radius 2 is 2.06 bits per heavy atom. The van der Waals surface area contributed by atoms with E-state index >= 15 is 0 Å². The fraction of sp³-hybridized carbons (Fsp3) is 0.222. The number of amides is 1. The normalized spacial score (nSPS) is 11.8. The van der Waals surface area contributed by atoms with E-state index in [0.29, 0.717) is 9.35 Å². The fourth-order valence-corrected chi connectivity index (χ4v) is 2.51. The van der Waals surface area contributed by atoms with Crippen LogP contribution in [0.3, 0.4) is 0 Å². The van der Waals surface area contributed by atoms with E-state index in [1.165, 1.54) is 0 Å². The molecule has 3 N–H and O–H groups in total. The molecule has 1 atom stereocenters. The second-order valence-corrected chi connectivity index (χ2v) is 4.83. The number of hydrogen-bond acceptors (Lipinski definition) is 4. The number of thiophene rings is 1. The first-order valence-electron chi connectivity index (χ1n) is 4.40. The smallest absolute Gasteiger partial charge is 0.326 e. The van der Waals surface area contributed by atoms with Gasteiger partial charge >= 0.3 is 11.9 Å². The van der Waals surface area contributed by atoms with Crippen LogP contribution < -0.4 is 5.32 Å². The van der Waals surface area contributed by atoms with E-state index in [0.717, 1.165) is 11.3 Å². The highest BCUT2D eigenvalue weighted by atomic mass is 79.9. The van der Waals surface area contributed by atoms with E-state index in [-0.39, 0.29) is 0 Å². The lowest BCUT2D eigenvalue weighted by Crippen LogP contribution is -2.42. The summed E-state index contributed by atoms with van der Waals surface area (Å²) in [6.07, 6.45) is -0.663. The number of halogens is 1. The summed E-state index contributed by atoms with van der Waals surface area (Å²) in [5, 5.41) is 21.1. The molecule has 0 saturated heterocycles. The molecule has 6 nitrogen and oxygen atoms in total. The highest BCUT2D eigenvalue weighted by Gasteiger charge is 2.24. The van der Waals surface area contributed by atoms with Gasteiger partial charge in [-0.15, -0.1) is 11.3 Å². The molecule has 1 heterocycles. The van der Waals surface area contributed by atoms with Crippen molar-refractivity contribution < 1.29 is 24.6 Å². The second kappa shape index (κ2) is 5.78. The van der Waals surface area contributed by atoms with Crippen LogP contribution in [0.1, 0.15) is 16.1 Å². The number of nitrogens with one attached hydrogen (secondary N) is 1. The molecule has 0 fully saturated rings. The summed E-state index contributed by atoms with van der Waals surface area (Å²) < 4.78 is 0.541. The Bertz CT molecular complexity index is 458. The van der Waals surface area contributed by atoms with Crippen molar-refractivity contribution in [3.8, 4) is 0 Å². The van der Waals surface area contributed by atoms with Crippen LogP contribution in [0.2, 0.25) is 0 Å². The predicted molar refractivity (Wildman–Crippen MR) is 63.2 cm³/mol. The molecule has 1 rings (SSSR count). The molecule has 0 radical (unpaired) electrons. The third-order valence-electron chi connectivity index (χ3n) is 1.81. The first-order valence-corrected chi connectivity index (χ1v) is 6.07. The van der Waals surface area contributed by atoms with Crippen molar-refractivity contribution in [3.63, 3.8) is 0 Å². The molecule has 0 spiro atoms. The Labute approximate surface area is 108 Å². The van der Waals surface area contributed by atoms with Gasteiger partial charge in [-0.05, 0) is 27.4 Å². The molecular formula is C9H8BrNO5S. The monoisotopic (exact) mass is 321 g/mol. The average molecular weight is 322 g/mol. The Hall–Kier alpha value is -1.41. The Balaban J connectivity index is 2.74. The van der Waals surface area contributed by atoms with Crippen molar-refractivity contribution in [2.45, 2.75) is 12.5 Å². The number of carboxylic acids is 2. The van der Waals surface area contributed by atoms with E-state index in [1.54, 1.807) is 11.4 Å². The first kappa shape index (κ1) is 13.7. The van der Waals surface area contributed by atoms with Gasteiger partial charge in [-0.25, -0.2) is 4.79 Å². The minimum absolute atomic E-state index is 0.307. The van der Waals surface area contributed by atoms with Crippen LogP contribution in [0.25, 0.3) is 0 Å². The molecule has 0 aliphatic carbocycles. The van der Waals surface area contributed by atoms with Gasteiger partial charge in [-0.1, -0.05) is 0 Å². The van der Waals surface area contributed by atoms with Crippen LogP contribution in [0, 0.1) is 0 Å². The lowest BCUT2D eigenvalue weighted by molar-refractivity contribution is -0.145. The van der Waals surface area contributed by atoms with Crippen LogP contribution >= 0.6 is 27.3 Å². The van der Waals surface area contributed by atoms with E-state index < -0.39 is 30.3 Å². The molecule has 0 aromatic carbocycles. The molecule has 1 aromatic heterocycles. The van der Waals surface area contributed by atoms with Crippen LogP contribution in [-0.2, 0) is 9.59 Å². The summed E-state index contributed by atoms with van der Waals surface area (Å²) in [5.74, 6) is -3.28. The SMILES string of the molecule is O=C(O)CC(NC(=O)c1sccc1Br)C(=O)O. The van der Waals surface area contributed by atoms with Crippen LogP contribution in [0.5, 0.6) is 0 Å². The summed E-state index contributed by atoms with van der Waals surface area (Å²) in [5.41, 5.74) is 0. The molecule has 92 valence electrons. The van der Waals surface area contributed by atoms with Crippen molar-refractivity contribution in [1.29, 1.82) is 0 Å². The zero-order chi connectivity index (χ0) is 13.0.